The van der Waals surface area contributed by atoms with Crippen molar-refractivity contribution < 1.29 is 4.79 Å². The lowest BCUT2D eigenvalue weighted by molar-refractivity contribution is 0.0951. The zero-order valence-electron chi connectivity index (χ0n) is 13.9. The van der Waals surface area contributed by atoms with Crippen LogP contribution in [0.2, 0.25) is 0 Å². The molecule has 0 saturated carbocycles. The van der Waals surface area contributed by atoms with Crippen LogP contribution in [-0.2, 0) is 6.54 Å². The summed E-state index contributed by atoms with van der Waals surface area (Å²) in [5.41, 5.74) is 5.02. The molecule has 1 N–H and O–H groups in total. The molecule has 0 aliphatic heterocycles. The van der Waals surface area contributed by atoms with Crippen LogP contribution in [0.5, 0.6) is 0 Å². The number of carbonyl (C=O) groups excluding carboxylic acids is 1. The van der Waals surface area contributed by atoms with E-state index in [4.69, 9.17) is 0 Å². The van der Waals surface area contributed by atoms with Crippen molar-refractivity contribution in [2.24, 2.45) is 0 Å². The van der Waals surface area contributed by atoms with Gasteiger partial charge in [-0.1, -0.05) is 18.2 Å². The van der Waals surface area contributed by atoms with Crippen molar-refractivity contribution in [2.75, 3.05) is 0 Å². The van der Waals surface area contributed by atoms with E-state index >= 15 is 0 Å². The zero-order chi connectivity index (χ0) is 17.8. The summed E-state index contributed by atoms with van der Waals surface area (Å²) >= 11 is 3.35. The second-order valence-corrected chi connectivity index (χ2v) is 7.56. The summed E-state index contributed by atoms with van der Waals surface area (Å²) in [7, 11) is 0. The van der Waals surface area contributed by atoms with Crippen LogP contribution in [-0.4, -0.2) is 10.9 Å². The van der Waals surface area contributed by atoms with Crippen LogP contribution in [0.4, 0.5) is 0 Å². The topological polar surface area (TPSA) is 42.0 Å². The summed E-state index contributed by atoms with van der Waals surface area (Å²) in [5, 5.41) is 9.16. The molecule has 1 amide bonds. The quantitative estimate of drug-likeness (QED) is 0.502. The van der Waals surface area contributed by atoms with Gasteiger partial charge in [0.25, 0.3) is 5.91 Å². The van der Waals surface area contributed by atoms with Crippen molar-refractivity contribution in [1.82, 2.24) is 10.3 Å². The molecule has 26 heavy (non-hydrogen) atoms. The largest absolute Gasteiger partial charge is 0.348 e. The number of nitrogens with zero attached hydrogens (tertiary/aromatic N) is 1. The van der Waals surface area contributed by atoms with Crippen LogP contribution in [0, 0.1) is 0 Å². The molecule has 4 rings (SSSR count). The maximum Gasteiger partial charge on any atom is 0.251 e. The molecule has 0 fully saturated rings. The first-order chi connectivity index (χ1) is 12.8. The molecule has 0 radical (unpaired) electrons. The Kier molecular flexibility index (Phi) is 4.91. The number of aromatic nitrogens is 1. The third-order valence-electron chi connectivity index (χ3n) is 4.06. The standard InChI is InChI=1S/C21H16N2OS2/c24-21(17-5-3-16(4-6-17)18-7-9-25-14-18)23-12-15-10-19(13-22-11-15)20-2-1-8-26-20/h1-11,13-14H,12H2,(H,23,24). The van der Waals surface area contributed by atoms with E-state index in [0.717, 1.165) is 16.7 Å². The maximum absolute atomic E-state index is 12.4. The number of amides is 1. The van der Waals surface area contributed by atoms with Gasteiger partial charge < -0.3 is 5.32 Å². The lowest BCUT2D eigenvalue weighted by Crippen LogP contribution is -2.22. The summed E-state index contributed by atoms with van der Waals surface area (Å²) in [4.78, 5) is 17.9. The van der Waals surface area contributed by atoms with Crippen LogP contribution >= 0.6 is 22.7 Å². The molecule has 0 saturated heterocycles. The zero-order valence-corrected chi connectivity index (χ0v) is 15.5. The lowest BCUT2D eigenvalue weighted by atomic mass is 10.1. The normalized spacial score (nSPS) is 10.6. The molecule has 128 valence electrons. The molecule has 0 aliphatic rings. The minimum atomic E-state index is -0.0802. The number of thiophene rings is 2. The number of pyridine rings is 1. The molecule has 1 aromatic carbocycles. The molecule has 3 aromatic heterocycles. The third-order valence-corrected chi connectivity index (χ3v) is 5.66. The monoisotopic (exact) mass is 376 g/mol. The minimum absolute atomic E-state index is 0.0802. The van der Waals surface area contributed by atoms with Crippen molar-refractivity contribution in [3.63, 3.8) is 0 Å². The van der Waals surface area contributed by atoms with Gasteiger partial charge in [-0.25, -0.2) is 0 Å². The first-order valence-corrected chi connectivity index (χ1v) is 10.0. The highest BCUT2D eigenvalue weighted by Crippen LogP contribution is 2.24. The maximum atomic E-state index is 12.4. The van der Waals surface area contributed by atoms with E-state index in [0.29, 0.717) is 12.1 Å². The molecule has 0 unspecified atom stereocenters. The molecular formula is C21H16N2OS2. The van der Waals surface area contributed by atoms with Crippen LogP contribution in [0.15, 0.2) is 77.1 Å². The first kappa shape index (κ1) is 16.7. The van der Waals surface area contributed by atoms with Gasteiger partial charge in [0.1, 0.15) is 0 Å². The van der Waals surface area contributed by atoms with E-state index in [9.17, 15) is 4.79 Å². The number of benzene rings is 1. The second kappa shape index (κ2) is 7.64. The van der Waals surface area contributed by atoms with Gasteiger partial charge >= 0.3 is 0 Å². The fraction of sp³-hybridized carbons (Fsp3) is 0.0476. The Hall–Kier alpha value is -2.76. The van der Waals surface area contributed by atoms with Gasteiger partial charge in [0.05, 0.1) is 0 Å². The lowest BCUT2D eigenvalue weighted by Gasteiger charge is -2.07. The van der Waals surface area contributed by atoms with Crippen molar-refractivity contribution in [3.8, 4) is 21.6 Å². The average Bonchev–Trinajstić information content (AvgIpc) is 3.40. The SMILES string of the molecule is O=C(NCc1cncc(-c2cccs2)c1)c1ccc(-c2ccsc2)cc1. The predicted octanol–water partition coefficient (Wildman–Crippen LogP) is 5.47. The Morgan fingerprint density at radius 1 is 0.962 bits per heavy atom. The number of hydrogen-bond donors (Lipinski definition) is 1. The Morgan fingerprint density at radius 2 is 1.85 bits per heavy atom. The summed E-state index contributed by atoms with van der Waals surface area (Å²) < 4.78 is 0. The molecule has 5 heteroatoms. The molecule has 3 nitrogen and oxygen atoms in total. The van der Waals surface area contributed by atoms with Gasteiger partial charge in [0, 0.05) is 34.9 Å². The molecular weight excluding hydrogens is 360 g/mol. The third kappa shape index (κ3) is 3.74. The fourth-order valence-electron chi connectivity index (χ4n) is 2.69. The molecule has 3 heterocycles. The minimum Gasteiger partial charge on any atom is -0.348 e. The molecule has 0 atom stereocenters. The number of carbonyl (C=O) groups is 1. The summed E-state index contributed by atoms with van der Waals surface area (Å²) in [5.74, 6) is -0.0802. The summed E-state index contributed by atoms with van der Waals surface area (Å²) in [6.07, 6.45) is 3.64. The number of rotatable bonds is 5. The fourth-order valence-corrected chi connectivity index (χ4v) is 4.06. The van der Waals surface area contributed by atoms with Gasteiger partial charge in [-0.2, -0.15) is 11.3 Å². The smallest absolute Gasteiger partial charge is 0.251 e. The number of nitrogens with one attached hydrogen (secondary N) is 1. The van der Waals surface area contributed by atoms with E-state index in [1.807, 2.05) is 47.3 Å². The van der Waals surface area contributed by atoms with E-state index in [1.54, 1.807) is 28.9 Å². The Morgan fingerprint density at radius 3 is 2.58 bits per heavy atom. The van der Waals surface area contributed by atoms with Crippen LogP contribution in [0.25, 0.3) is 21.6 Å². The van der Waals surface area contributed by atoms with Gasteiger partial charge in [0.15, 0.2) is 0 Å². The molecule has 0 bridgehead atoms. The van der Waals surface area contributed by atoms with E-state index in [2.05, 4.69) is 33.9 Å². The van der Waals surface area contributed by atoms with Crippen LogP contribution < -0.4 is 5.32 Å². The van der Waals surface area contributed by atoms with Crippen molar-refractivity contribution in [2.45, 2.75) is 6.54 Å². The average molecular weight is 377 g/mol. The van der Waals surface area contributed by atoms with Gasteiger partial charge in [-0.15, -0.1) is 11.3 Å². The first-order valence-electron chi connectivity index (χ1n) is 8.18. The highest BCUT2D eigenvalue weighted by Gasteiger charge is 2.07. The highest BCUT2D eigenvalue weighted by molar-refractivity contribution is 7.13. The van der Waals surface area contributed by atoms with Crippen LogP contribution in [0.1, 0.15) is 15.9 Å². The molecule has 4 aromatic rings. The number of hydrogen-bond acceptors (Lipinski definition) is 4. The van der Waals surface area contributed by atoms with Crippen molar-refractivity contribution in [1.29, 1.82) is 0 Å². The van der Waals surface area contributed by atoms with E-state index < -0.39 is 0 Å². The van der Waals surface area contributed by atoms with Crippen molar-refractivity contribution >= 4 is 28.6 Å². The summed E-state index contributed by atoms with van der Waals surface area (Å²) in [6, 6.07) is 15.9. The van der Waals surface area contributed by atoms with E-state index in [-0.39, 0.29) is 5.91 Å². The van der Waals surface area contributed by atoms with Gasteiger partial charge in [-0.3, -0.25) is 9.78 Å². The predicted molar refractivity (Wildman–Crippen MR) is 108 cm³/mol. The van der Waals surface area contributed by atoms with Crippen LogP contribution in [0.3, 0.4) is 0 Å². The van der Waals surface area contributed by atoms with Gasteiger partial charge in [0.2, 0.25) is 0 Å². The highest BCUT2D eigenvalue weighted by atomic mass is 32.1. The molecule has 0 spiro atoms. The Balaban J connectivity index is 1.42. The Bertz CT molecular complexity index is 991. The van der Waals surface area contributed by atoms with E-state index in [1.165, 1.54) is 10.4 Å². The molecule has 0 aliphatic carbocycles. The van der Waals surface area contributed by atoms with Gasteiger partial charge in [-0.05, 0) is 63.2 Å². The summed E-state index contributed by atoms with van der Waals surface area (Å²) in [6.45, 7) is 0.456. The Labute approximate surface area is 160 Å². The second-order valence-electron chi connectivity index (χ2n) is 5.83. The van der Waals surface area contributed by atoms with Crippen molar-refractivity contribution in [3.05, 3.63) is 88.2 Å².